The minimum atomic E-state index is 0.372. The van der Waals surface area contributed by atoms with Crippen LogP contribution in [0, 0.1) is 6.92 Å². The van der Waals surface area contributed by atoms with E-state index in [4.69, 9.17) is 0 Å². The maximum atomic E-state index is 3.32. The summed E-state index contributed by atoms with van der Waals surface area (Å²) >= 11 is 2.06. The van der Waals surface area contributed by atoms with Gasteiger partial charge in [0, 0.05) is 11.3 Å². The van der Waals surface area contributed by atoms with Gasteiger partial charge in [-0.05, 0) is 37.6 Å². The van der Waals surface area contributed by atoms with Crippen molar-refractivity contribution in [2.45, 2.75) is 44.8 Å². The van der Waals surface area contributed by atoms with E-state index in [0.29, 0.717) is 10.7 Å². The Labute approximate surface area is 117 Å². The summed E-state index contributed by atoms with van der Waals surface area (Å²) in [6.45, 7) is 10.1. The number of rotatable bonds is 6. The smallest absolute Gasteiger partial charge is 0.00750 e. The van der Waals surface area contributed by atoms with Crippen LogP contribution in [0.2, 0.25) is 0 Å². The molecule has 0 bridgehead atoms. The molecule has 1 unspecified atom stereocenters. The highest BCUT2D eigenvalue weighted by molar-refractivity contribution is 8.00. The van der Waals surface area contributed by atoms with Crippen molar-refractivity contribution in [2.75, 3.05) is 19.3 Å². The first-order valence-electron chi connectivity index (χ1n) is 6.77. The average molecular weight is 265 g/mol. The first kappa shape index (κ1) is 15.6. The molecule has 1 nitrogen and oxygen atoms in total. The van der Waals surface area contributed by atoms with Gasteiger partial charge in [-0.1, -0.05) is 50.6 Å². The normalized spacial score (nSPS) is 13.6. The molecule has 1 rings (SSSR count). The van der Waals surface area contributed by atoms with E-state index >= 15 is 0 Å². The molecular formula is C16H27NS. The Bertz CT molecular complexity index is 354. The van der Waals surface area contributed by atoms with Crippen molar-refractivity contribution in [1.82, 2.24) is 5.32 Å². The topological polar surface area (TPSA) is 12.0 Å². The van der Waals surface area contributed by atoms with Crippen LogP contribution in [0.3, 0.4) is 0 Å². The van der Waals surface area contributed by atoms with Gasteiger partial charge in [0.25, 0.3) is 0 Å². The SMILES string of the molecule is CNCC(CCSC(C)(C)C)c1cccc(C)c1. The second-order valence-corrected chi connectivity index (χ2v) is 7.84. The standard InChI is InChI=1S/C16H27NS/c1-13-7-6-8-14(11-13)15(12-17-5)9-10-18-16(2,3)4/h6-8,11,15,17H,9-10,12H2,1-5H3. The van der Waals surface area contributed by atoms with Crippen molar-refractivity contribution in [1.29, 1.82) is 0 Å². The van der Waals surface area contributed by atoms with Gasteiger partial charge in [-0.15, -0.1) is 0 Å². The first-order valence-corrected chi connectivity index (χ1v) is 7.76. The van der Waals surface area contributed by atoms with Gasteiger partial charge in [0.15, 0.2) is 0 Å². The van der Waals surface area contributed by atoms with Gasteiger partial charge in [-0.25, -0.2) is 0 Å². The fraction of sp³-hybridized carbons (Fsp3) is 0.625. The van der Waals surface area contributed by atoms with Crippen molar-refractivity contribution in [3.05, 3.63) is 35.4 Å². The molecule has 0 fully saturated rings. The van der Waals surface area contributed by atoms with E-state index in [1.807, 2.05) is 7.05 Å². The molecule has 0 saturated heterocycles. The van der Waals surface area contributed by atoms with E-state index in [1.54, 1.807) is 0 Å². The number of hydrogen-bond acceptors (Lipinski definition) is 2. The highest BCUT2D eigenvalue weighted by Gasteiger charge is 2.14. The molecule has 1 aromatic rings. The van der Waals surface area contributed by atoms with Gasteiger partial charge in [0.2, 0.25) is 0 Å². The molecule has 0 aliphatic heterocycles. The van der Waals surface area contributed by atoms with E-state index in [9.17, 15) is 0 Å². The van der Waals surface area contributed by atoms with Crippen molar-refractivity contribution in [3.8, 4) is 0 Å². The third kappa shape index (κ3) is 5.92. The second-order valence-electron chi connectivity index (χ2n) is 5.92. The summed E-state index contributed by atoms with van der Waals surface area (Å²) in [5, 5.41) is 3.32. The molecule has 0 aliphatic rings. The molecular weight excluding hydrogens is 238 g/mol. The fourth-order valence-electron chi connectivity index (χ4n) is 2.06. The molecule has 0 aliphatic carbocycles. The maximum absolute atomic E-state index is 3.32. The molecule has 0 aromatic heterocycles. The van der Waals surface area contributed by atoms with E-state index < -0.39 is 0 Å². The zero-order valence-electron chi connectivity index (χ0n) is 12.4. The van der Waals surface area contributed by atoms with Crippen molar-refractivity contribution in [2.24, 2.45) is 0 Å². The van der Waals surface area contributed by atoms with Crippen LogP contribution in [0.4, 0.5) is 0 Å². The lowest BCUT2D eigenvalue weighted by Gasteiger charge is -2.21. The number of nitrogens with one attached hydrogen (secondary N) is 1. The summed E-state index contributed by atoms with van der Waals surface area (Å²) in [6.07, 6.45) is 1.24. The summed E-state index contributed by atoms with van der Waals surface area (Å²) < 4.78 is 0.372. The van der Waals surface area contributed by atoms with Crippen LogP contribution in [0.15, 0.2) is 24.3 Å². The highest BCUT2D eigenvalue weighted by Crippen LogP contribution is 2.28. The number of thioether (sulfide) groups is 1. The molecule has 0 saturated carbocycles. The van der Waals surface area contributed by atoms with Crippen molar-refractivity contribution < 1.29 is 0 Å². The molecule has 0 spiro atoms. The Morgan fingerprint density at radius 3 is 2.56 bits per heavy atom. The summed E-state index contributed by atoms with van der Waals surface area (Å²) in [6, 6.07) is 8.93. The average Bonchev–Trinajstić information content (AvgIpc) is 2.26. The zero-order valence-corrected chi connectivity index (χ0v) is 13.2. The number of hydrogen-bond donors (Lipinski definition) is 1. The third-order valence-electron chi connectivity index (χ3n) is 2.97. The summed E-state index contributed by atoms with van der Waals surface area (Å²) in [5.74, 6) is 1.86. The molecule has 0 radical (unpaired) electrons. The second kappa shape index (κ2) is 7.20. The van der Waals surface area contributed by atoms with Crippen LogP contribution in [0.1, 0.15) is 44.2 Å². The van der Waals surface area contributed by atoms with Gasteiger partial charge in [-0.2, -0.15) is 11.8 Å². The zero-order chi connectivity index (χ0) is 13.6. The summed E-state index contributed by atoms with van der Waals surface area (Å²) in [7, 11) is 2.04. The predicted octanol–water partition coefficient (Wildman–Crippen LogP) is 4.22. The summed E-state index contributed by atoms with van der Waals surface area (Å²) in [5.41, 5.74) is 2.83. The van der Waals surface area contributed by atoms with Gasteiger partial charge in [0.05, 0.1) is 0 Å². The molecule has 0 amide bonds. The van der Waals surface area contributed by atoms with Crippen LogP contribution >= 0.6 is 11.8 Å². The monoisotopic (exact) mass is 265 g/mol. The van der Waals surface area contributed by atoms with E-state index in [-0.39, 0.29) is 0 Å². The maximum Gasteiger partial charge on any atom is 0.00750 e. The van der Waals surface area contributed by atoms with Crippen LogP contribution in [0.5, 0.6) is 0 Å². The minimum Gasteiger partial charge on any atom is -0.319 e. The Morgan fingerprint density at radius 2 is 2.00 bits per heavy atom. The van der Waals surface area contributed by atoms with E-state index in [1.165, 1.54) is 23.3 Å². The summed E-state index contributed by atoms with van der Waals surface area (Å²) in [4.78, 5) is 0. The van der Waals surface area contributed by atoms with Crippen LogP contribution in [0.25, 0.3) is 0 Å². The fourth-order valence-corrected chi connectivity index (χ4v) is 3.08. The van der Waals surface area contributed by atoms with Gasteiger partial charge < -0.3 is 5.32 Å². The third-order valence-corrected chi connectivity index (χ3v) is 4.27. The number of likely N-dealkylation sites (N-methyl/N-ethyl adjacent to an activating group) is 1. The van der Waals surface area contributed by atoms with Crippen molar-refractivity contribution in [3.63, 3.8) is 0 Å². The number of aryl methyl sites for hydroxylation is 1. The lowest BCUT2D eigenvalue weighted by atomic mass is 9.95. The van der Waals surface area contributed by atoms with E-state index in [0.717, 1.165) is 6.54 Å². The molecule has 18 heavy (non-hydrogen) atoms. The van der Waals surface area contributed by atoms with Crippen LogP contribution in [-0.2, 0) is 0 Å². The largest absolute Gasteiger partial charge is 0.319 e. The predicted molar refractivity (Wildman–Crippen MR) is 84.7 cm³/mol. The molecule has 2 heteroatoms. The molecule has 1 atom stereocenters. The molecule has 1 aromatic carbocycles. The van der Waals surface area contributed by atoms with Gasteiger partial charge in [-0.3, -0.25) is 0 Å². The van der Waals surface area contributed by atoms with Crippen molar-refractivity contribution >= 4 is 11.8 Å². The molecule has 0 heterocycles. The Morgan fingerprint density at radius 1 is 1.28 bits per heavy atom. The Balaban J connectivity index is 2.60. The van der Waals surface area contributed by atoms with Gasteiger partial charge in [0.1, 0.15) is 0 Å². The lowest BCUT2D eigenvalue weighted by Crippen LogP contribution is -2.19. The first-order chi connectivity index (χ1) is 8.42. The Hall–Kier alpha value is -0.470. The van der Waals surface area contributed by atoms with Crippen LogP contribution in [-0.4, -0.2) is 24.1 Å². The lowest BCUT2D eigenvalue weighted by molar-refractivity contribution is 0.614. The van der Waals surface area contributed by atoms with Gasteiger partial charge >= 0.3 is 0 Å². The van der Waals surface area contributed by atoms with Crippen LogP contribution < -0.4 is 5.32 Å². The quantitative estimate of drug-likeness (QED) is 0.826. The highest BCUT2D eigenvalue weighted by atomic mass is 32.2. The molecule has 1 N–H and O–H groups in total. The van der Waals surface area contributed by atoms with E-state index in [2.05, 4.69) is 69.0 Å². The minimum absolute atomic E-state index is 0.372. The Kier molecular flexibility index (Phi) is 6.24. The molecule has 102 valence electrons. The number of benzene rings is 1.